The van der Waals surface area contributed by atoms with Crippen LogP contribution in [-0.2, 0) is 18.4 Å². The Bertz CT molecular complexity index is 539. The Labute approximate surface area is 112 Å². The van der Waals surface area contributed by atoms with Crippen LogP contribution in [0.2, 0.25) is 0 Å². The van der Waals surface area contributed by atoms with Gasteiger partial charge >= 0.3 is 0 Å². The summed E-state index contributed by atoms with van der Waals surface area (Å²) in [6.45, 7) is 3.35. The molecular formula is C12H18N6O. The molecule has 0 aliphatic carbocycles. The predicted molar refractivity (Wildman–Crippen MR) is 71.5 cm³/mol. The molecule has 0 bridgehead atoms. The van der Waals surface area contributed by atoms with E-state index in [-0.39, 0.29) is 0 Å². The van der Waals surface area contributed by atoms with Crippen molar-refractivity contribution in [2.75, 3.05) is 19.0 Å². The van der Waals surface area contributed by atoms with Crippen LogP contribution in [0.25, 0.3) is 11.4 Å². The summed E-state index contributed by atoms with van der Waals surface area (Å²) in [4.78, 5) is 8.86. The average Bonchev–Trinajstić information content (AvgIpc) is 2.83. The second-order valence-electron chi connectivity index (χ2n) is 4.16. The van der Waals surface area contributed by atoms with Crippen LogP contribution in [0.3, 0.4) is 0 Å². The van der Waals surface area contributed by atoms with Crippen molar-refractivity contribution in [2.45, 2.75) is 20.0 Å². The standard InChI is InChI=1S/C12H18N6O/c1-4-5-13-11-6-9(10-7-14-17-18(10)2)15-12(16-11)8-19-3/h6-7H,4-5,8H2,1-3H3,(H,13,15,16). The van der Waals surface area contributed by atoms with Gasteiger partial charge in [0.2, 0.25) is 0 Å². The molecule has 0 unspecified atom stereocenters. The Morgan fingerprint density at radius 3 is 2.84 bits per heavy atom. The lowest BCUT2D eigenvalue weighted by Crippen LogP contribution is -2.07. The van der Waals surface area contributed by atoms with Gasteiger partial charge in [-0.1, -0.05) is 12.1 Å². The molecule has 0 aromatic carbocycles. The van der Waals surface area contributed by atoms with E-state index < -0.39 is 0 Å². The normalized spacial score (nSPS) is 10.7. The first-order valence-electron chi connectivity index (χ1n) is 6.20. The summed E-state index contributed by atoms with van der Waals surface area (Å²) < 4.78 is 6.78. The Hall–Kier alpha value is -2.02. The monoisotopic (exact) mass is 262 g/mol. The first-order valence-corrected chi connectivity index (χ1v) is 6.20. The number of rotatable bonds is 6. The van der Waals surface area contributed by atoms with Gasteiger partial charge in [-0.25, -0.2) is 14.6 Å². The van der Waals surface area contributed by atoms with Crippen LogP contribution in [0.4, 0.5) is 5.82 Å². The molecule has 2 rings (SSSR count). The van der Waals surface area contributed by atoms with Crippen molar-refractivity contribution in [1.29, 1.82) is 0 Å². The molecule has 0 fully saturated rings. The Balaban J connectivity index is 2.36. The lowest BCUT2D eigenvalue weighted by molar-refractivity contribution is 0.178. The van der Waals surface area contributed by atoms with Crippen molar-refractivity contribution in [1.82, 2.24) is 25.0 Å². The van der Waals surface area contributed by atoms with Gasteiger partial charge in [0.25, 0.3) is 0 Å². The van der Waals surface area contributed by atoms with Gasteiger partial charge in [0.05, 0.1) is 11.9 Å². The number of methoxy groups -OCH3 is 1. The summed E-state index contributed by atoms with van der Waals surface area (Å²) in [5.74, 6) is 1.43. The number of hydrogen-bond donors (Lipinski definition) is 1. The van der Waals surface area contributed by atoms with E-state index in [4.69, 9.17) is 4.74 Å². The molecule has 2 aromatic rings. The second kappa shape index (κ2) is 6.24. The van der Waals surface area contributed by atoms with Crippen LogP contribution in [-0.4, -0.2) is 38.6 Å². The summed E-state index contributed by atoms with van der Waals surface area (Å²) in [5.41, 5.74) is 1.63. The van der Waals surface area contributed by atoms with Gasteiger partial charge < -0.3 is 10.1 Å². The van der Waals surface area contributed by atoms with E-state index in [0.29, 0.717) is 12.4 Å². The number of ether oxygens (including phenoxy) is 1. The van der Waals surface area contributed by atoms with Gasteiger partial charge in [0.1, 0.15) is 18.1 Å². The van der Waals surface area contributed by atoms with Gasteiger partial charge in [0, 0.05) is 26.8 Å². The quantitative estimate of drug-likeness (QED) is 0.844. The lowest BCUT2D eigenvalue weighted by atomic mass is 10.3. The van der Waals surface area contributed by atoms with Crippen LogP contribution in [0.5, 0.6) is 0 Å². The molecule has 0 spiro atoms. The van der Waals surface area contributed by atoms with Crippen molar-refractivity contribution < 1.29 is 4.74 Å². The van der Waals surface area contributed by atoms with Crippen LogP contribution in [0, 0.1) is 0 Å². The van der Waals surface area contributed by atoms with Gasteiger partial charge in [-0.2, -0.15) is 0 Å². The molecule has 7 nitrogen and oxygen atoms in total. The third-order valence-corrected chi connectivity index (χ3v) is 2.58. The minimum absolute atomic E-state index is 0.375. The van der Waals surface area contributed by atoms with Crippen molar-refractivity contribution in [3.63, 3.8) is 0 Å². The Morgan fingerprint density at radius 1 is 1.37 bits per heavy atom. The van der Waals surface area contributed by atoms with E-state index in [1.807, 2.05) is 13.1 Å². The highest BCUT2D eigenvalue weighted by molar-refractivity contribution is 5.57. The van der Waals surface area contributed by atoms with Crippen molar-refractivity contribution in [3.05, 3.63) is 18.1 Å². The number of aryl methyl sites for hydroxylation is 1. The smallest absolute Gasteiger partial charge is 0.157 e. The molecule has 0 amide bonds. The molecule has 0 atom stereocenters. The molecule has 2 aromatic heterocycles. The van der Waals surface area contributed by atoms with Gasteiger partial charge in [0.15, 0.2) is 5.82 Å². The summed E-state index contributed by atoms with van der Waals surface area (Å²) in [7, 11) is 3.46. The third-order valence-electron chi connectivity index (χ3n) is 2.58. The minimum Gasteiger partial charge on any atom is -0.377 e. The Morgan fingerprint density at radius 2 is 2.21 bits per heavy atom. The minimum atomic E-state index is 0.375. The van der Waals surface area contributed by atoms with Crippen LogP contribution in [0.15, 0.2) is 12.3 Å². The van der Waals surface area contributed by atoms with Gasteiger partial charge in [-0.15, -0.1) is 5.10 Å². The molecule has 0 saturated carbocycles. The second-order valence-corrected chi connectivity index (χ2v) is 4.16. The number of hydrogen-bond acceptors (Lipinski definition) is 6. The maximum absolute atomic E-state index is 5.10. The molecule has 19 heavy (non-hydrogen) atoms. The van der Waals surface area contributed by atoms with Gasteiger partial charge in [-0.05, 0) is 6.42 Å². The molecule has 0 radical (unpaired) electrons. The number of nitrogens with zero attached hydrogens (tertiary/aromatic N) is 5. The molecule has 2 heterocycles. The van der Waals surface area contributed by atoms with Crippen molar-refractivity contribution in [3.8, 4) is 11.4 Å². The van der Waals surface area contributed by atoms with Crippen LogP contribution >= 0.6 is 0 Å². The van der Waals surface area contributed by atoms with E-state index in [9.17, 15) is 0 Å². The average molecular weight is 262 g/mol. The van der Waals surface area contributed by atoms with E-state index in [1.54, 1.807) is 18.0 Å². The van der Waals surface area contributed by atoms with Crippen molar-refractivity contribution >= 4 is 5.82 Å². The molecule has 1 N–H and O–H groups in total. The first kappa shape index (κ1) is 13.4. The van der Waals surface area contributed by atoms with Gasteiger partial charge in [-0.3, -0.25) is 0 Å². The predicted octanol–water partition coefficient (Wildman–Crippen LogP) is 1.24. The fraction of sp³-hybridized carbons (Fsp3) is 0.500. The van der Waals surface area contributed by atoms with Crippen molar-refractivity contribution in [2.24, 2.45) is 7.05 Å². The highest BCUT2D eigenvalue weighted by Crippen LogP contribution is 2.18. The molecule has 0 aliphatic rings. The fourth-order valence-electron chi connectivity index (χ4n) is 1.69. The zero-order valence-electron chi connectivity index (χ0n) is 11.4. The molecule has 0 aliphatic heterocycles. The Kier molecular flexibility index (Phi) is 4.40. The summed E-state index contributed by atoms with van der Waals surface area (Å²) in [6.07, 6.45) is 2.72. The molecule has 102 valence electrons. The third kappa shape index (κ3) is 3.25. The number of nitrogens with one attached hydrogen (secondary N) is 1. The van der Waals surface area contributed by atoms with Crippen LogP contribution in [0.1, 0.15) is 19.2 Å². The summed E-state index contributed by atoms with van der Waals surface area (Å²) in [5, 5.41) is 11.0. The maximum Gasteiger partial charge on any atom is 0.157 e. The molecular weight excluding hydrogens is 244 g/mol. The zero-order valence-corrected chi connectivity index (χ0v) is 11.4. The topological polar surface area (TPSA) is 77.8 Å². The van der Waals surface area contributed by atoms with Crippen LogP contribution < -0.4 is 5.32 Å². The number of aromatic nitrogens is 5. The SMILES string of the molecule is CCCNc1cc(-c2cnnn2C)nc(COC)n1. The highest BCUT2D eigenvalue weighted by atomic mass is 16.5. The largest absolute Gasteiger partial charge is 0.377 e. The summed E-state index contributed by atoms with van der Waals surface area (Å²) in [6, 6.07) is 1.90. The number of anilines is 1. The van der Waals surface area contributed by atoms with E-state index >= 15 is 0 Å². The molecule has 0 saturated heterocycles. The van der Waals surface area contributed by atoms with E-state index in [0.717, 1.165) is 30.2 Å². The van der Waals surface area contributed by atoms with E-state index in [2.05, 4.69) is 32.5 Å². The zero-order chi connectivity index (χ0) is 13.7. The van der Waals surface area contributed by atoms with E-state index in [1.165, 1.54) is 0 Å². The maximum atomic E-state index is 5.10. The lowest BCUT2D eigenvalue weighted by Gasteiger charge is -2.09. The first-order chi connectivity index (χ1) is 9.24. The fourth-order valence-corrected chi connectivity index (χ4v) is 1.69. The summed E-state index contributed by atoms with van der Waals surface area (Å²) >= 11 is 0. The molecule has 7 heteroatoms. The highest BCUT2D eigenvalue weighted by Gasteiger charge is 2.10.